The molecule has 0 aliphatic carbocycles. The van der Waals surface area contributed by atoms with E-state index in [1.165, 1.54) is 0 Å². The Bertz CT molecular complexity index is 134. The van der Waals surface area contributed by atoms with Crippen LogP contribution < -0.4 is 0 Å². The first-order chi connectivity index (χ1) is 6.45. The summed E-state index contributed by atoms with van der Waals surface area (Å²) in [6, 6.07) is 0. The third-order valence-electron chi connectivity index (χ3n) is 1.35. The Morgan fingerprint density at radius 2 is 1.14 bits per heavy atom. The molecular weight excluding hydrogens is 200 g/mol. The molecule has 2 atom stereocenters. The molecule has 0 rings (SSSR count). The average Bonchev–Trinajstić information content (AvgIpc) is 2.25. The maximum absolute atomic E-state index is 8.67. The molecule has 0 amide bonds. The zero-order valence-corrected chi connectivity index (χ0v) is 7.84. The van der Waals surface area contributed by atoms with E-state index in [0.717, 1.165) is 13.8 Å². The topological polar surface area (TPSA) is 118 Å². The van der Waals surface area contributed by atoms with Crippen molar-refractivity contribution in [2.24, 2.45) is 0 Å². The van der Waals surface area contributed by atoms with Gasteiger partial charge in [0.1, 0.15) is 13.2 Å². The highest BCUT2D eigenvalue weighted by molar-refractivity contribution is 4.58. The molecule has 0 bridgehead atoms. The lowest BCUT2D eigenvalue weighted by atomic mass is 10.3. The van der Waals surface area contributed by atoms with Crippen molar-refractivity contribution < 1.29 is 40.3 Å². The number of rotatable bonds is 7. The van der Waals surface area contributed by atoms with Crippen molar-refractivity contribution in [2.45, 2.75) is 25.4 Å². The van der Waals surface area contributed by atoms with Gasteiger partial charge >= 0.3 is 0 Å². The van der Waals surface area contributed by atoms with Crippen LogP contribution in [-0.2, 0) is 19.6 Å². The standard InChI is InChI=1S/C6H14O8/c1-5(3-7,11-9)13-14-6(2,4-8)12-10/h7-10H,3-4H2,1-2H3. The van der Waals surface area contributed by atoms with Gasteiger partial charge in [0.2, 0.25) is 0 Å². The van der Waals surface area contributed by atoms with Crippen molar-refractivity contribution in [3.63, 3.8) is 0 Å². The molecule has 0 aromatic rings. The summed E-state index contributed by atoms with van der Waals surface area (Å²) >= 11 is 0. The van der Waals surface area contributed by atoms with Crippen molar-refractivity contribution in [1.82, 2.24) is 0 Å². The molecule has 0 saturated heterocycles. The van der Waals surface area contributed by atoms with Crippen LogP contribution in [-0.4, -0.2) is 45.5 Å². The highest BCUT2D eigenvalue weighted by atomic mass is 17.3. The Hall–Kier alpha value is -0.320. The minimum atomic E-state index is -1.82. The van der Waals surface area contributed by atoms with Crippen LogP contribution in [0.2, 0.25) is 0 Å². The van der Waals surface area contributed by atoms with Gasteiger partial charge in [0.05, 0.1) is 0 Å². The van der Waals surface area contributed by atoms with Crippen LogP contribution in [0.4, 0.5) is 0 Å². The lowest BCUT2D eigenvalue weighted by Crippen LogP contribution is -2.43. The van der Waals surface area contributed by atoms with Crippen molar-refractivity contribution in [1.29, 1.82) is 0 Å². The molecule has 0 saturated carbocycles. The fourth-order valence-electron chi connectivity index (χ4n) is 0.317. The molecule has 0 aliphatic heterocycles. The van der Waals surface area contributed by atoms with E-state index in [1.807, 2.05) is 0 Å². The number of hydrogen-bond acceptors (Lipinski definition) is 8. The first kappa shape index (κ1) is 13.7. The Morgan fingerprint density at radius 1 is 0.857 bits per heavy atom. The van der Waals surface area contributed by atoms with Crippen molar-refractivity contribution in [2.75, 3.05) is 13.2 Å². The molecule has 0 aromatic carbocycles. The molecule has 0 heterocycles. The van der Waals surface area contributed by atoms with Gasteiger partial charge in [-0.3, -0.25) is 0 Å². The van der Waals surface area contributed by atoms with Crippen LogP contribution >= 0.6 is 0 Å². The van der Waals surface area contributed by atoms with Gasteiger partial charge in [-0.05, 0) is 13.8 Å². The van der Waals surface area contributed by atoms with Crippen molar-refractivity contribution in [3.8, 4) is 0 Å². The SMILES string of the molecule is CC(CO)(OO)OOC(C)(CO)OO. The van der Waals surface area contributed by atoms with Crippen LogP contribution in [0.15, 0.2) is 0 Å². The molecule has 4 N–H and O–H groups in total. The fourth-order valence-corrected chi connectivity index (χ4v) is 0.317. The molecule has 0 spiro atoms. The summed E-state index contributed by atoms with van der Waals surface area (Å²) in [5, 5.41) is 33.9. The zero-order valence-electron chi connectivity index (χ0n) is 7.84. The third-order valence-corrected chi connectivity index (χ3v) is 1.35. The second-order valence-electron chi connectivity index (χ2n) is 2.93. The molecule has 0 aromatic heterocycles. The largest absolute Gasteiger partial charge is 0.391 e. The smallest absolute Gasteiger partial charge is 0.253 e. The minimum Gasteiger partial charge on any atom is -0.391 e. The van der Waals surface area contributed by atoms with Crippen molar-refractivity contribution in [3.05, 3.63) is 0 Å². The van der Waals surface area contributed by atoms with Gasteiger partial charge in [-0.25, -0.2) is 10.5 Å². The van der Waals surface area contributed by atoms with Gasteiger partial charge in [0.15, 0.2) is 0 Å². The summed E-state index contributed by atoms with van der Waals surface area (Å²) in [4.78, 5) is 16.3. The van der Waals surface area contributed by atoms with E-state index in [-0.39, 0.29) is 0 Å². The van der Waals surface area contributed by atoms with Crippen LogP contribution in [0.3, 0.4) is 0 Å². The van der Waals surface area contributed by atoms with Gasteiger partial charge in [-0.2, -0.15) is 19.6 Å². The highest BCUT2D eigenvalue weighted by Gasteiger charge is 2.34. The highest BCUT2D eigenvalue weighted by Crippen LogP contribution is 2.17. The molecule has 8 heteroatoms. The molecule has 14 heavy (non-hydrogen) atoms. The predicted molar refractivity (Wildman–Crippen MR) is 40.6 cm³/mol. The summed E-state index contributed by atoms with van der Waals surface area (Å²) in [6.07, 6.45) is 0. The molecule has 0 radical (unpaired) electrons. The number of aliphatic hydroxyl groups is 2. The van der Waals surface area contributed by atoms with Gasteiger partial charge in [-0.1, -0.05) is 0 Å². The summed E-state index contributed by atoms with van der Waals surface area (Å²) < 4.78 is 0. The Morgan fingerprint density at radius 3 is 1.29 bits per heavy atom. The second kappa shape index (κ2) is 5.53. The van der Waals surface area contributed by atoms with E-state index in [2.05, 4.69) is 19.6 Å². The van der Waals surface area contributed by atoms with E-state index in [4.69, 9.17) is 20.7 Å². The van der Waals surface area contributed by atoms with Crippen molar-refractivity contribution >= 4 is 0 Å². The van der Waals surface area contributed by atoms with Crippen LogP contribution in [0, 0.1) is 0 Å². The zero-order chi connectivity index (χ0) is 11.2. The molecular formula is C6H14O8. The Balaban J connectivity index is 4.14. The molecule has 0 aliphatic rings. The Labute approximate surface area is 80.0 Å². The average molecular weight is 214 g/mol. The minimum absolute atomic E-state index is 0.712. The molecule has 2 unspecified atom stereocenters. The first-order valence-electron chi connectivity index (χ1n) is 3.69. The maximum Gasteiger partial charge on any atom is 0.253 e. The second-order valence-corrected chi connectivity index (χ2v) is 2.93. The summed E-state index contributed by atoms with van der Waals surface area (Å²) in [6.45, 7) is 0.886. The van der Waals surface area contributed by atoms with Gasteiger partial charge in [0, 0.05) is 0 Å². The van der Waals surface area contributed by atoms with E-state index in [0.29, 0.717) is 0 Å². The monoisotopic (exact) mass is 214 g/mol. The van der Waals surface area contributed by atoms with Crippen LogP contribution in [0.5, 0.6) is 0 Å². The van der Waals surface area contributed by atoms with Crippen LogP contribution in [0.1, 0.15) is 13.8 Å². The summed E-state index contributed by atoms with van der Waals surface area (Å²) in [7, 11) is 0. The number of aliphatic hydroxyl groups excluding tert-OH is 2. The predicted octanol–water partition coefficient (Wildman–Crippen LogP) is -0.669. The Kier molecular flexibility index (Phi) is 5.41. The first-order valence-corrected chi connectivity index (χ1v) is 3.69. The lowest BCUT2D eigenvalue weighted by Gasteiger charge is -2.28. The maximum atomic E-state index is 8.67. The number of hydrogen-bond donors (Lipinski definition) is 4. The van der Waals surface area contributed by atoms with E-state index < -0.39 is 24.8 Å². The lowest BCUT2D eigenvalue weighted by molar-refractivity contribution is -0.569. The van der Waals surface area contributed by atoms with Crippen LogP contribution in [0.25, 0.3) is 0 Å². The van der Waals surface area contributed by atoms with Gasteiger partial charge in [0.25, 0.3) is 11.6 Å². The quantitative estimate of drug-likeness (QED) is 0.250. The van der Waals surface area contributed by atoms with Gasteiger partial charge < -0.3 is 10.2 Å². The fraction of sp³-hybridized carbons (Fsp3) is 1.00. The third kappa shape index (κ3) is 3.82. The normalized spacial score (nSPS) is 20.1. The van der Waals surface area contributed by atoms with E-state index in [1.54, 1.807) is 0 Å². The summed E-state index contributed by atoms with van der Waals surface area (Å²) in [5.74, 6) is -3.65. The molecule has 8 nitrogen and oxygen atoms in total. The molecule has 86 valence electrons. The van der Waals surface area contributed by atoms with Gasteiger partial charge in [-0.15, -0.1) is 0 Å². The summed E-state index contributed by atoms with van der Waals surface area (Å²) in [5.41, 5.74) is 0. The van der Waals surface area contributed by atoms with E-state index >= 15 is 0 Å². The van der Waals surface area contributed by atoms with E-state index in [9.17, 15) is 0 Å². The molecule has 0 fully saturated rings.